The number of anilines is 1. The predicted molar refractivity (Wildman–Crippen MR) is 105 cm³/mol. The molecule has 0 saturated carbocycles. The van der Waals surface area contributed by atoms with Crippen LogP contribution in [0.1, 0.15) is 18.9 Å². The molecule has 0 atom stereocenters. The van der Waals surface area contributed by atoms with Crippen LogP contribution in [0.3, 0.4) is 0 Å². The van der Waals surface area contributed by atoms with Gasteiger partial charge in [-0.1, -0.05) is 18.2 Å². The lowest BCUT2D eigenvalue weighted by atomic mass is 10.1. The van der Waals surface area contributed by atoms with Crippen molar-refractivity contribution in [2.45, 2.75) is 19.8 Å². The van der Waals surface area contributed by atoms with Crippen LogP contribution in [0.25, 0.3) is 0 Å². The lowest BCUT2D eigenvalue weighted by Crippen LogP contribution is -2.33. The Morgan fingerprint density at radius 1 is 1.04 bits per heavy atom. The Bertz CT molecular complexity index is 826. The fourth-order valence-corrected chi connectivity index (χ4v) is 2.74. The molecule has 0 saturated heterocycles. The number of hydrogen-bond acceptors (Lipinski definition) is 4. The van der Waals surface area contributed by atoms with E-state index in [9.17, 15) is 14.0 Å². The zero-order valence-electron chi connectivity index (χ0n) is 16.3. The second-order valence-electron chi connectivity index (χ2n) is 6.22. The van der Waals surface area contributed by atoms with Crippen LogP contribution < -0.4 is 14.8 Å². The minimum absolute atomic E-state index is 0.0832. The molecule has 0 aliphatic heterocycles. The lowest BCUT2D eigenvalue weighted by molar-refractivity contribution is -0.129. The summed E-state index contributed by atoms with van der Waals surface area (Å²) in [6.45, 7) is 2.17. The number of para-hydroxylation sites is 1. The second kappa shape index (κ2) is 10.3. The molecule has 0 aromatic heterocycles. The van der Waals surface area contributed by atoms with Gasteiger partial charge in [-0.15, -0.1) is 0 Å². The Hall–Kier alpha value is -3.09. The van der Waals surface area contributed by atoms with Crippen LogP contribution in [0.15, 0.2) is 42.5 Å². The van der Waals surface area contributed by atoms with E-state index in [1.54, 1.807) is 31.3 Å². The molecule has 0 spiro atoms. The van der Waals surface area contributed by atoms with Gasteiger partial charge in [-0.25, -0.2) is 4.39 Å². The molecule has 6 nitrogen and oxygen atoms in total. The zero-order chi connectivity index (χ0) is 20.5. The standard InChI is InChI=1S/C21H25FN2O4/c1-15(25)24(12-10-16-8-9-19(27-2)20(14-16)28-3)13-11-21(26)23-18-7-5-4-6-17(18)22/h4-9,14H,10-13H2,1-3H3,(H,23,26). The Morgan fingerprint density at radius 2 is 1.75 bits per heavy atom. The summed E-state index contributed by atoms with van der Waals surface area (Å²) < 4.78 is 24.1. The molecule has 150 valence electrons. The van der Waals surface area contributed by atoms with Crippen LogP contribution in [0.2, 0.25) is 0 Å². The maximum absolute atomic E-state index is 13.6. The lowest BCUT2D eigenvalue weighted by Gasteiger charge is -2.21. The van der Waals surface area contributed by atoms with Crippen molar-refractivity contribution >= 4 is 17.5 Å². The average molecular weight is 388 g/mol. The maximum atomic E-state index is 13.6. The van der Waals surface area contributed by atoms with Gasteiger partial charge in [0.2, 0.25) is 11.8 Å². The van der Waals surface area contributed by atoms with E-state index < -0.39 is 5.82 Å². The monoisotopic (exact) mass is 388 g/mol. The van der Waals surface area contributed by atoms with Crippen molar-refractivity contribution in [2.24, 2.45) is 0 Å². The summed E-state index contributed by atoms with van der Waals surface area (Å²) in [5, 5.41) is 2.52. The first kappa shape index (κ1) is 21.2. The first-order valence-electron chi connectivity index (χ1n) is 8.95. The summed E-state index contributed by atoms with van der Waals surface area (Å²) in [4.78, 5) is 25.6. The molecule has 2 rings (SSSR count). The summed E-state index contributed by atoms with van der Waals surface area (Å²) >= 11 is 0. The fraction of sp³-hybridized carbons (Fsp3) is 0.333. The Kier molecular flexibility index (Phi) is 7.80. The molecule has 2 amide bonds. The van der Waals surface area contributed by atoms with Crippen molar-refractivity contribution in [3.8, 4) is 11.5 Å². The molecule has 28 heavy (non-hydrogen) atoms. The molecule has 0 bridgehead atoms. The van der Waals surface area contributed by atoms with Crippen LogP contribution in [-0.4, -0.2) is 44.0 Å². The topological polar surface area (TPSA) is 67.9 Å². The number of benzene rings is 2. The van der Waals surface area contributed by atoms with Gasteiger partial charge >= 0.3 is 0 Å². The van der Waals surface area contributed by atoms with Gasteiger partial charge in [-0.05, 0) is 36.2 Å². The number of ether oxygens (including phenoxy) is 2. The summed E-state index contributed by atoms with van der Waals surface area (Å²) in [7, 11) is 3.14. The highest BCUT2D eigenvalue weighted by Gasteiger charge is 2.13. The summed E-state index contributed by atoms with van der Waals surface area (Å²) in [5.41, 5.74) is 1.12. The molecule has 0 heterocycles. The first-order valence-corrected chi connectivity index (χ1v) is 8.95. The quantitative estimate of drug-likeness (QED) is 0.716. The van der Waals surface area contributed by atoms with Gasteiger partial charge in [0, 0.05) is 26.4 Å². The van der Waals surface area contributed by atoms with E-state index in [1.165, 1.54) is 19.1 Å². The first-order chi connectivity index (χ1) is 13.4. The van der Waals surface area contributed by atoms with Crippen LogP contribution in [0, 0.1) is 5.82 Å². The van der Waals surface area contributed by atoms with E-state index in [2.05, 4.69) is 5.32 Å². The third-order valence-electron chi connectivity index (χ3n) is 4.32. The Labute approximate surface area is 164 Å². The minimum Gasteiger partial charge on any atom is -0.493 e. The highest BCUT2D eigenvalue weighted by Crippen LogP contribution is 2.27. The summed E-state index contributed by atoms with van der Waals surface area (Å²) in [6.07, 6.45) is 0.689. The normalized spacial score (nSPS) is 10.3. The Balaban J connectivity index is 1.90. The molecule has 0 aliphatic carbocycles. The molecule has 0 aliphatic rings. The smallest absolute Gasteiger partial charge is 0.226 e. The number of carbonyl (C=O) groups is 2. The maximum Gasteiger partial charge on any atom is 0.226 e. The van der Waals surface area contributed by atoms with E-state index >= 15 is 0 Å². The SMILES string of the molecule is COc1ccc(CCN(CCC(=O)Nc2ccccc2F)C(C)=O)cc1OC. The average Bonchev–Trinajstić information content (AvgIpc) is 2.69. The van der Waals surface area contributed by atoms with E-state index in [0.29, 0.717) is 24.5 Å². The predicted octanol–water partition coefficient (Wildman–Crippen LogP) is 3.26. The largest absolute Gasteiger partial charge is 0.493 e. The van der Waals surface area contributed by atoms with Crippen LogP contribution in [-0.2, 0) is 16.0 Å². The van der Waals surface area contributed by atoms with Crippen LogP contribution in [0.5, 0.6) is 11.5 Å². The number of methoxy groups -OCH3 is 2. The van der Waals surface area contributed by atoms with E-state index in [0.717, 1.165) is 5.56 Å². The molecule has 0 fully saturated rings. The van der Waals surface area contributed by atoms with Gasteiger partial charge in [0.05, 0.1) is 19.9 Å². The van der Waals surface area contributed by atoms with Crippen LogP contribution >= 0.6 is 0 Å². The van der Waals surface area contributed by atoms with Crippen molar-refractivity contribution in [1.82, 2.24) is 4.90 Å². The molecule has 7 heteroatoms. The van der Waals surface area contributed by atoms with Gasteiger partial charge in [-0.2, -0.15) is 0 Å². The van der Waals surface area contributed by atoms with Crippen molar-refractivity contribution < 1.29 is 23.5 Å². The molecule has 2 aromatic rings. The third kappa shape index (κ3) is 5.97. The molecular weight excluding hydrogens is 363 g/mol. The van der Waals surface area contributed by atoms with E-state index in [4.69, 9.17) is 9.47 Å². The number of amides is 2. The molecule has 2 aromatic carbocycles. The van der Waals surface area contributed by atoms with E-state index in [1.807, 2.05) is 18.2 Å². The number of carbonyl (C=O) groups excluding carboxylic acids is 2. The summed E-state index contributed by atoms with van der Waals surface area (Å²) in [5.74, 6) is 0.299. The van der Waals surface area contributed by atoms with Gasteiger partial charge < -0.3 is 19.7 Å². The highest BCUT2D eigenvalue weighted by atomic mass is 19.1. The number of halogens is 1. The number of rotatable bonds is 9. The van der Waals surface area contributed by atoms with Crippen LogP contribution in [0.4, 0.5) is 10.1 Å². The highest BCUT2D eigenvalue weighted by molar-refractivity contribution is 5.91. The number of hydrogen-bond donors (Lipinski definition) is 1. The third-order valence-corrected chi connectivity index (χ3v) is 4.32. The molecule has 0 unspecified atom stereocenters. The molecular formula is C21H25FN2O4. The van der Waals surface area contributed by atoms with Gasteiger partial charge in [-0.3, -0.25) is 9.59 Å². The number of nitrogens with one attached hydrogen (secondary N) is 1. The van der Waals surface area contributed by atoms with Gasteiger partial charge in [0.25, 0.3) is 0 Å². The van der Waals surface area contributed by atoms with E-state index in [-0.39, 0.29) is 30.5 Å². The van der Waals surface area contributed by atoms with Crippen molar-refractivity contribution in [1.29, 1.82) is 0 Å². The Morgan fingerprint density at radius 3 is 2.39 bits per heavy atom. The summed E-state index contributed by atoms with van der Waals surface area (Å²) in [6, 6.07) is 11.6. The molecule has 1 N–H and O–H groups in total. The second-order valence-corrected chi connectivity index (χ2v) is 6.22. The fourth-order valence-electron chi connectivity index (χ4n) is 2.74. The van der Waals surface area contributed by atoms with Crippen molar-refractivity contribution in [3.05, 3.63) is 53.8 Å². The molecule has 0 radical (unpaired) electrons. The van der Waals surface area contributed by atoms with Crippen molar-refractivity contribution in [3.63, 3.8) is 0 Å². The zero-order valence-corrected chi connectivity index (χ0v) is 16.3. The van der Waals surface area contributed by atoms with Gasteiger partial charge in [0.15, 0.2) is 11.5 Å². The van der Waals surface area contributed by atoms with Crippen molar-refractivity contribution in [2.75, 3.05) is 32.6 Å². The minimum atomic E-state index is -0.493. The number of nitrogens with zero attached hydrogens (tertiary/aromatic N) is 1. The van der Waals surface area contributed by atoms with Gasteiger partial charge in [0.1, 0.15) is 5.82 Å².